The number of H-pyrrole nitrogens is 1. The number of benzene rings is 1. The Hall–Kier alpha value is -2.58. The van der Waals surface area contributed by atoms with Gasteiger partial charge in [-0.15, -0.1) is 0 Å². The molecule has 142 valence electrons. The molecule has 0 aliphatic carbocycles. The molecule has 0 atom stereocenters. The van der Waals surface area contributed by atoms with Crippen LogP contribution in [0.25, 0.3) is 10.9 Å². The van der Waals surface area contributed by atoms with Gasteiger partial charge in [-0.25, -0.2) is 13.4 Å². The van der Waals surface area contributed by atoms with Crippen LogP contribution in [0.2, 0.25) is 0 Å². The molecule has 8 heteroatoms. The van der Waals surface area contributed by atoms with Gasteiger partial charge in [-0.3, -0.25) is 0 Å². The standard InChI is InChI=1S/C19H22N4O3S/c1-13-3-4-16(26-2)17(11-13)27(24,25)18-12-14-15(22-18)5-6-21-19(14)23-9-7-20-8-10-23/h3-6,11-12,20,22H,7-10H2,1-2H3. The van der Waals surface area contributed by atoms with Gasteiger partial charge in [0.2, 0.25) is 9.84 Å². The number of piperazine rings is 1. The smallest absolute Gasteiger partial charge is 0.225 e. The van der Waals surface area contributed by atoms with E-state index in [0.717, 1.165) is 48.5 Å². The molecule has 1 aliphatic heterocycles. The molecule has 0 unspecified atom stereocenters. The quantitative estimate of drug-likeness (QED) is 0.714. The van der Waals surface area contributed by atoms with Crippen LogP contribution in [0, 0.1) is 6.92 Å². The normalized spacial score (nSPS) is 15.3. The van der Waals surface area contributed by atoms with E-state index >= 15 is 0 Å². The Balaban J connectivity index is 1.84. The van der Waals surface area contributed by atoms with Gasteiger partial charge in [0.05, 0.1) is 12.6 Å². The third-order valence-electron chi connectivity index (χ3n) is 4.82. The summed E-state index contributed by atoms with van der Waals surface area (Å²) in [5, 5.41) is 4.27. The van der Waals surface area contributed by atoms with E-state index in [1.807, 2.05) is 13.0 Å². The number of nitrogens with one attached hydrogen (secondary N) is 2. The molecule has 0 amide bonds. The lowest BCUT2D eigenvalue weighted by molar-refractivity contribution is 0.402. The number of aromatic amines is 1. The van der Waals surface area contributed by atoms with Gasteiger partial charge < -0.3 is 19.9 Å². The Morgan fingerprint density at radius 1 is 1.15 bits per heavy atom. The number of hydrogen-bond donors (Lipinski definition) is 2. The number of ether oxygens (including phenoxy) is 1. The highest BCUT2D eigenvalue weighted by molar-refractivity contribution is 7.91. The van der Waals surface area contributed by atoms with E-state index in [1.54, 1.807) is 30.5 Å². The minimum atomic E-state index is -3.75. The Labute approximate surface area is 158 Å². The van der Waals surface area contributed by atoms with E-state index in [2.05, 4.69) is 20.2 Å². The first-order valence-corrected chi connectivity index (χ1v) is 10.3. The molecular formula is C19H22N4O3S. The summed E-state index contributed by atoms with van der Waals surface area (Å²) in [6.45, 7) is 5.30. The second-order valence-electron chi connectivity index (χ2n) is 6.62. The van der Waals surface area contributed by atoms with Crippen molar-refractivity contribution in [1.82, 2.24) is 15.3 Å². The van der Waals surface area contributed by atoms with Crippen molar-refractivity contribution in [1.29, 1.82) is 0 Å². The molecule has 1 fully saturated rings. The van der Waals surface area contributed by atoms with E-state index in [1.165, 1.54) is 7.11 Å². The number of aromatic nitrogens is 2. The van der Waals surface area contributed by atoms with E-state index in [0.29, 0.717) is 5.75 Å². The van der Waals surface area contributed by atoms with E-state index < -0.39 is 9.84 Å². The largest absolute Gasteiger partial charge is 0.495 e. The lowest BCUT2D eigenvalue weighted by atomic mass is 10.2. The number of fused-ring (bicyclic) bond motifs is 1. The second kappa shape index (κ2) is 6.86. The minimum Gasteiger partial charge on any atom is -0.495 e. The molecule has 0 spiro atoms. The van der Waals surface area contributed by atoms with Crippen molar-refractivity contribution < 1.29 is 13.2 Å². The van der Waals surface area contributed by atoms with Crippen LogP contribution < -0.4 is 15.0 Å². The molecule has 1 saturated heterocycles. The first-order valence-electron chi connectivity index (χ1n) is 8.84. The Bertz CT molecular complexity index is 1090. The summed E-state index contributed by atoms with van der Waals surface area (Å²) in [5.74, 6) is 1.14. The molecule has 3 aromatic rings. The van der Waals surface area contributed by atoms with Gasteiger partial charge in [0.25, 0.3) is 0 Å². The predicted octanol–water partition coefficient (Wildman–Crippen LogP) is 2.12. The summed E-state index contributed by atoms with van der Waals surface area (Å²) >= 11 is 0. The Kier molecular flexibility index (Phi) is 4.53. The van der Waals surface area contributed by atoms with Crippen molar-refractivity contribution >= 4 is 26.6 Å². The number of anilines is 1. The summed E-state index contributed by atoms with van der Waals surface area (Å²) in [6, 6.07) is 8.62. The van der Waals surface area contributed by atoms with Crippen LogP contribution in [0.15, 0.2) is 46.5 Å². The number of methoxy groups -OCH3 is 1. The highest BCUT2D eigenvalue weighted by Crippen LogP contribution is 2.33. The maximum Gasteiger partial charge on any atom is 0.225 e. The molecule has 3 heterocycles. The summed E-state index contributed by atoms with van der Waals surface area (Å²) in [6.07, 6.45) is 1.71. The van der Waals surface area contributed by atoms with Crippen LogP contribution in [-0.4, -0.2) is 51.7 Å². The van der Waals surface area contributed by atoms with Crippen LogP contribution in [0.5, 0.6) is 5.75 Å². The fourth-order valence-electron chi connectivity index (χ4n) is 3.40. The van der Waals surface area contributed by atoms with Gasteiger partial charge in [-0.1, -0.05) is 6.07 Å². The average Bonchev–Trinajstić information content (AvgIpc) is 3.14. The third-order valence-corrected chi connectivity index (χ3v) is 6.51. The van der Waals surface area contributed by atoms with Crippen molar-refractivity contribution in [2.24, 2.45) is 0 Å². The van der Waals surface area contributed by atoms with Crippen LogP contribution >= 0.6 is 0 Å². The van der Waals surface area contributed by atoms with E-state index in [-0.39, 0.29) is 9.92 Å². The number of pyridine rings is 1. The van der Waals surface area contributed by atoms with Crippen LogP contribution in [0.1, 0.15) is 5.56 Å². The van der Waals surface area contributed by atoms with Crippen molar-refractivity contribution in [3.63, 3.8) is 0 Å². The van der Waals surface area contributed by atoms with Crippen molar-refractivity contribution in [3.8, 4) is 5.75 Å². The molecule has 7 nitrogen and oxygen atoms in total. The molecule has 2 aromatic heterocycles. The number of rotatable bonds is 4. The lowest BCUT2D eigenvalue weighted by Gasteiger charge is -2.28. The number of hydrogen-bond acceptors (Lipinski definition) is 6. The SMILES string of the molecule is COc1ccc(C)cc1S(=O)(=O)c1cc2c(N3CCNCC3)nccc2[nH]1. The topological polar surface area (TPSA) is 87.3 Å². The van der Waals surface area contributed by atoms with Crippen LogP contribution in [0.3, 0.4) is 0 Å². The first kappa shape index (κ1) is 17.8. The summed E-state index contributed by atoms with van der Waals surface area (Å²) in [4.78, 5) is 9.90. The minimum absolute atomic E-state index is 0.144. The zero-order chi connectivity index (χ0) is 19.0. The lowest BCUT2D eigenvalue weighted by Crippen LogP contribution is -2.43. The summed E-state index contributed by atoms with van der Waals surface area (Å²) in [5.41, 5.74) is 1.61. The van der Waals surface area contributed by atoms with Gasteiger partial charge >= 0.3 is 0 Å². The zero-order valence-electron chi connectivity index (χ0n) is 15.3. The van der Waals surface area contributed by atoms with Gasteiger partial charge in [-0.05, 0) is 36.8 Å². The molecule has 4 rings (SSSR count). The van der Waals surface area contributed by atoms with Crippen LogP contribution in [0.4, 0.5) is 5.82 Å². The number of sulfone groups is 1. The molecule has 0 saturated carbocycles. The molecule has 1 aliphatic rings. The van der Waals surface area contributed by atoms with Crippen LogP contribution in [-0.2, 0) is 9.84 Å². The number of aryl methyl sites for hydroxylation is 1. The fourth-order valence-corrected chi connectivity index (χ4v) is 4.91. The fraction of sp³-hybridized carbons (Fsp3) is 0.316. The van der Waals surface area contributed by atoms with Gasteiger partial charge in [0.1, 0.15) is 21.5 Å². The molecule has 0 bridgehead atoms. The monoisotopic (exact) mass is 386 g/mol. The Morgan fingerprint density at radius 3 is 2.67 bits per heavy atom. The molecular weight excluding hydrogens is 364 g/mol. The van der Waals surface area contributed by atoms with Crippen molar-refractivity contribution in [2.75, 3.05) is 38.2 Å². The summed E-state index contributed by atoms with van der Waals surface area (Å²) in [7, 11) is -2.28. The van der Waals surface area contributed by atoms with Gasteiger partial charge in [-0.2, -0.15) is 0 Å². The summed E-state index contributed by atoms with van der Waals surface area (Å²) < 4.78 is 31.8. The molecule has 27 heavy (non-hydrogen) atoms. The number of nitrogens with zero attached hydrogens (tertiary/aromatic N) is 2. The maximum atomic E-state index is 13.3. The van der Waals surface area contributed by atoms with Gasteiger partial charge in [0.15, 0.2) is 0 Å². The maximum absolute atomic E-state index is 13.3. The van der Waals surface area contributed by atoms with E-state index in [4.69, 9.17) is 4.74 Å². The Morgan fingerprint density at radius 2 is 1.93 bits per heavy atom. The molecule has 2 N–H and O–H groups in total. The second-order valence-corrected chi connectivity index (χ2v) is 8.51. The first-order chi connectivity index (χ1) is 13.0. The van der Waals surface area contributed by atoms with Crippen molar-refractivity contribution in [3.05, 3.63) is 42.1 Å². The average molecular weight is 386 g/mol. The zero-order valence-corrected chi connectivity index (χ0v) is 16.1. The molecule has 0 radical (unpaired) electrons. The highest BCUT2D eigenvalue weighted by atomic mass is 32.2. The molecule has 1 aromatic carbocycles. The van der Waals surface area contributed by atoms with Crippen molar-refractivity contribution in [2.45, 2.75) is 16.8 Å². The van der Waals surface area contributed by atoms with Gasteiger partial charge in [0, 0.05) is 37.8 Å². The predicted molar refractivity (Wildman–Crippen MR) is 104 cm³/mol. The third kappa shape index (κ3) is 3.15. The van der Waals surface area contributed by atoms with E-state index in [9.17, 15) is 8.42 Å². The highest BCUT2D eigenvalue weighted by Gasteiger charge is 2.26.